The Morgan fingerprint density at radius 3 is 2.64 bits per heavy atom. The summed E-state index contributed by atoms with van der Waals surface area (Å²) in [6.07, 6.45) is 6.07. The lowest BCUT2D eigenvalue weighted by atomic mass is 10.3. The second kappa shape index (κ2) is 6.82. The summed E-state index contributed by atoms with van der Waals surface area (Å²) in [4.78, 5) is 11.3. The van der Waals surface area contributed by atoms with Crippen molar-refractivity contribution in [3.8, 4) is 0 Å². The third kappa shape index (κ3) is 4.61. The Balaban J connectivity index is 1.98. The van der Waals surface area contributed by atoms with E-state index in [0.29, 0.717) is 13.0 Å². The van der Waals surface area contributed by atoms with Gasteiger partial charge in [0.05, 0.1) is 13.0 Å². The largest absolute Gasteiger partial charge is 0.462 e. The fraction of sp³-hybridized carbons (Fsp3) is 0.909. The Labute approximate surface area is 85.8 Å². The van der Waals surface area contributed by atoms with Gasteiger partial charge < -0.3 is 9.47 Å². The summed E-state index contributed by atoms with van der Waals surface area (Å²) in [5.74, 6) is -0.104. The molecule has 1 fully saturated rings. The van der Waals surface area contributed by atoms with Gasteiger partial charge in [-0.1, -0.05) is 6.92 Å². The number of carbonyl (C=O) groups is 1. The van der Waals surface area contributed by atoms with E-state index in [9.17, 15) is 4.79 Å². The van der Waals surface area contributed by atoms with Gasteiger partial charge in [0.15, 0.2) is 0 Å². The lowest BCUT2D eigenvalue weighted by Gasteiger charge is -2.10. The van der Waals surface area contributed by atoms with Gasteiger partial charge >= 0.3 is 5.97 Å². The maximum atomic E-state index is 11.3. The maximum absolute atomic E-state index is 11.3. The molecule has 0 aromatic carbocycles. The van der Waals surface area contributed by atoms with E-state index in [2.05, 4.69) is 6.92 Å². The highest BCUT2D eigenvalue weighted by Crippen LogP contribution is 2.21. The summed E-state index contributed by atoms with van der Waals surface area (Å²) in [6, 6.07) is 0. The molecular formula is C11H20O3. The summed E-state index contributed by atoms with van der Waals surface area (Å²) in [6.45, 7) is 3.28. The summed E-state index contributed by atoms with van der Waals surface area (Å²) in [5.41, 5.74) is 0. The minimum absolute atomic E-state index is 0.104. The van der Waals surface area contributed by atoms with E-state index in [0.717, 1.165) is 25.9 Å². The first kappa shape index (κ1) is 11.5. The van der Waals surface area contributed by atoms with Crippen LogP contribution < -0.4 is 0 Å². The molecule has 82 valence electrons. The molecule has 0 bridgehead atoms. The smallest absolute Gasteiger partial charge is 0.308 e. The van der Waals surface area contributed by atoms with Crippen LogP contribution >= 0.6 is 0 Å². The highest BCUT2D eigenvalue weighted by atomic mass is 16.5. The Morgan fingerprint density at radius 2 is 2.00 bits per heavy atom. The molecule has 0 amide bonds. The first-order valence-electron chi connectivity index (χ1n) is 5.60. The predicted octanol–water partition coefficient (Wildman–Crippen LogP) is 2.29. The van der Waals surface area contributed by atoms with E-state index in [1.54, 1.807) is 0 Å². The number of hydrogen-bond donors (Lipinski definition) is 0. The van der Waals surface area contributed by atoms with Crippen LogP contribution in [0.4, 0.5) is 0 Å². The third-order valence-corrected chi connectivity index (χ3v) is 2.40. The van der Waals surface area contributed by atoms with Gasteiger partial charge in [0.1, 0.15) is 6.10 Å². The van der Waals surface area contributed by atoms with Crippen LogP contribution in [0.2, 0.25) is 0 Å². The summed E-state index contributed by atoms with van der Waals surface area (Å²) >= 11 is 0. The monoisotopic (exact) mass is 200 g/mol. The molecule has 3 nitrogen and oxygen atoms in total. The average molecular weight is 200 g/mol. The minimum Gasteiger partial charge on any atom is -0.462 e. The van der Waals surface area contributed by atoms with Gasteiger partial charge in [-0.15, -0.1) is 0 Å². The number of hydrogen-bond acceptors (Lipinski definition) is 3. The summed E-state index contributed by atoms with van der Waals surface area (Å²) in [7, 11) is 0. The van der Waals surface area contributed by atoms with Crippen LogP contribution in [-0.4, -0.2) is 25.3 Å². The van der Waals surface area contributed by atoms with Crippen LogP contribution in [-0.2, 0) is 14.3 Å². The van der Waals surface area contributed by atoms with E-state index in [-0.39, 0.29) is 12.1 Å². The van der Waals surface area contributed by atoms with E-state index >= 15 is 0 Å². The van der Waals surface area contributed by atoms with Crippen LogP contribution in [0.15, 0.2) is 0 Å². The number of carbonyl (C=O) groups excluding carboxylic acids is 1. The first-order chi connectivity index (χ1) is 6.83. The van der Waals surface area contributed by atoms with Crippen molar-refractivity contribution in [1.29, 1.82) is 0 Å². The zero-order valence-corrected chi connectivity index (χ0v) is 8.96. The van der Waals surface area contributed by atoms with E-state index < -0.39 is 0 Å². The lowest BCUT2D eigenvalue weighted by molar-refractivity contribution is -0.149. The third-order valence-electron chi connectivity index (χ3n) is 2.40. The lowest BCUT2D eigenvalue weighted by Crippen LogP contribution is -2.16. The second-order valence-corrected chi connectivity index (χ2v) is 3.76. The van der Waals surface area contributed by atoms with Gasteiger partial charge in [-0.2, -0.15) is 0 Å². The molecule has 14 heavy (non-hydrogen) atoms. The molecule has 1 aliphatic rings. The molecule has 0 atom stereocenters. The predicted molar refractivity (Wildman–Crippen MR) is 54.1 cm³/mol. The van der Waals surface area contributed by atoms with Crippen molar-refractivity contribution in [1.82, 2.24) is 0 Å². The van der Waals surface area contributed by atoms with Crippen LogP contribution in [0.3, 0.4) is 0 Å². The molecule has 0 aromatic heterocycles. The number of rotatable bonds is 6. The zero-order valence-electron chi connectivity index (χ0n) is 8.96. The standard InChI is InChI=1S/C11H20O3/c1-2-8-13-9-7-11(12)14-10-5-3-4-6-10/h10H,2-9H2,1H3. The molecule has 0 saturated heterocycles. The maximum Gasteiger partial charge on any atom is 0.308 e. The molecule has 0 N–H and O–H groups in total. The molecular weight excluding hydrogens is 180 g/mol. The molecule has 1 rings (SSSR count). The molecule has 0 aliphatic heterocycles. The van der Waals surface area contributed by atoms with Crippen molar-refractivity contribution in [3.63, 3.8) is 0 Å². The highest BCUT2D eigenvalue weighted by Gasteiger charge is 2.18. The van der Waals surface area contributed by atoms with Gasteiger partial charge in [-0.25, -0.2) is 0 Å². The molecule has 0 radical (unpaired) electrons. The fourth-order valence-electron chi connectivity index (χ4n) is 1.65. The average Bonchev–Trinajstić information content (AvgIpc) is 2.65. The molecule has 1 aliphatic carbocycles. The minimum atomic E-state index is -0.104. The first-order valence-corrected chi connectivity index (χ1v) is 5.60. The summed E-state index contributed by atoms with van der Waals surface area (Å²) < 4.78 is 10.5. The Kier molecular flexibility index (Phi) is 5.60. The summed E-state index contributed by atoms with van der Waals surface area (Å²) in [5, 5.41) is 0. The van der Waals surface area contributed by atoms with Crippen molar-refractivity contribution in [2.24, 2.45) is 0 Å². The van der Waals surface area contributed by atoms with E-state index in [1.807, 2.05) is 0 Å². The molecule has 0 heterocycles. The quantitative estimate of drug-likeness (QED) is 0.487. The second-order valence-electron chi connectivity index (χ2n) is 3.76. The van der Waals surface area contributed by atoms with Crippen LogP contribution in [0.1, 0.15) is 45.4 Å². The van der Waals surface area contributed by atoms with Crippen molar-refractivity contribution in [3.05, 3.63) is 0 Å². The Bertz CT molecular complexity index is 162. The topological polar surface area (TPSA) is 35.5 Å². The van der Waals surface area contributed by atoms with E-state index in [1.165, 1.54) is 12.8 Å². The van der Waals surface area contributed by atoms with Crippen molar-refractivity contribution in [2.75, 3.05) is 13.2 Å². The molecule has 3 heteroatoms. The SMILES string of the molecule is CCCOCCC(=O)OC1CCCC1. The van der Waals surface area contributed by atoms with Crippen LogP contribution in [0.5, 0.6) is 0 Å². The van der Waals surface area contributed by atoms with Crippen LogP contribution in [0.25, 0.3) is 0 Å². The van der Waals surface area contributed by atoms with E-state index in [4.69, 9.17) is 9.47 Å². The fourth-order valence-corrected chi connectivity index (χ4v) is 1.65. The number of esters is 1. The van der Waals surface area contributed by atoms with Gasteiger partial charge in [-0.05, 0) is 32.1 Å². The molecule has 0 aromatic rings. The highest BCUT2D eigenvalue weighted by molar-refractivity contribution is 5.69. The van der Waals surface area contributed by atoms with Gasteiger partial charge in [0.25, 0.3) is 0 Å². The van der Waals surface area contributed by atoms with Crippen molar-refractivity contribution >= 4 is 5.97 Å². The molecule has 0 unspecified atom stereocenters. The molecule has 0 spiro atoms. The Hall–Kier alpha value is -0.570. The Morgan fingerprint density at radius 1 is 1.29 bits per heavy atom. The molecule has 1 saturated carbocycles. The van der Waals surface area contributed by atoms with Crippen LogP contribution in [0, 0.1) is 0 Å². The van der Waals surface area contributed by atoms with Gasteiger partial charge in [-0.3, -0.25) is 4.79 Å². The van der Waals surface area contributed by atoms with Crippen molar-refractivity contribution in [2.45, 2.75) is 51.6 Å². The van der Waals surface area contributed by atoms with Gasteiger partial charge in [0, 0.05) is 6.61 Å². The number of ether oxygens (including phenoxy) is 2. The van der Waals surface area contributed by atoms with Crippen molar-refractivity contribution < 1.29 is 14.3 Å². The van der Waals surface area contributed by atoms with Gasteiger partial charge in [0.2, 0.25) is 0 Å². The zero-order chi connectivity index (χ0) is 10.2. The normalized spacial score (nSPS) is 17.2.